The first-order valence-corrected chi connectivity index (χ1v) is 7.00. The van der Waals surface area contributed by atoms with Crippen molar-refractivity contribution in [1.29, 1.82) is 0 Å². The van der Waals surface area contributed by atoms with Crippen molar-refractivity contribution in [2.24, 2.45) is 0 Å². The van der Waals surface area contributed by atoms with E-state index in [-0.39, 0.29) is 0 Å². The average molecular weight is 252 g/mol. The van der Waals surface area contributed by atoms with E-state index in [1.165, 1.54) is 22.4 Å². The molecule has 1 unspecified atom stereocenters. The minimum Gasteiger partial charge on any atom is -0.399 e. The highest BCUT2D eigenvalue weighted by atomic mass is 14.9. The number of hydrogen-bond acceptors (Lipinski definition) is 2. The van der Waals surface area contributed by atoms with E-state index in [1.807, 2.05) is 6.07 Å². The molecule has 0 saturated heterocycles. The number of hydrogen-bond donors (Lipinski definition) is 2. The Morgan fingerprint density at radius 3 is 2.89 bits per heavy atom. The molecule has 0 fully saturated rings. The lowest BCUT2D eigenvalue weighted by Gasteiger charge is -2.18. The Balaban J connectivity index is 1.87. The van der Waals surface area contributed by atoms with Gasteiger partial charge in [-0.25, -0.2) is 0 Å². The van der Waals surface area contributed by atoms with Crippen LogP contribution in [0.15, 0.2) is 42.5 Å². The van der Waals surface area contributed by atoms with Crippen molar-refractivity contribution in [3.8, 4) is 0 Å². The van der Waals surface area contributed by atoms with Gasteiger partial charge in [0.15, 0.2) is 0 Å². The quantitative estimate of drug-likeness (QED) is 0.812. The van der Waals surface area contributed by atoms with Crippen LogP contribution in [0.2, 0.25) is 0 Å². The Bertz CT molecular complexity index is 590. The van der Waals surface area contributed by atoms with Gasteiger partial charge in [-0.05, 0) is 54.2 Å². The van der Waals surface area contributed by atoms with Gasteiger partial charge in [0.2, 0.25) is 0 Å². The Hall–Kier alpha value is -1.96. The molecule has 19 heavy (non-hydrogen) atoms. The maximum absolute atomic E-state index is 5.85. The lowest BCUT2D eigenvalue weighted by atomic mass is 10.1. The molecule has 2 heteroatoms. The third-order valence-electron chi connectivity index (χ3n) is 3.97. The SMILES string of the molecule is CCc1ccccc1NC1CCc2cc(N)ccc21. The van der Waals surface area contributed by atoms with Crippen LogP contribution in [0.1, 0.15) is 36.1 Å². The van der Waals surface area contributed by atoms with Crippen LogP contribution in [0.3, 0.4) is 0 Å². The van der Waals surface area contributed by atoms with Gasteiger partial charge in [0.1, 0.15) is 0 Å². The van der Waals surface area contributed by atoms with Crippen LogP contribution < -0.4 is 11.1 Å². The molecule has 0 radical (unpaired) electrons. The zero-order valence-corrected chi connectivity index (χ0v) is 11.3. The molecule has 1 aliphatic carbocycles. The second kappa shape index (κ2) is 4.96. The molecular weight excluding hydrogens is 232 g/mol. The van der Waals surface area contributed by atoms with Crippen LogP contribution >= 0.6 is 0 Å². The molecule has 98 valence electrons. The molecule has 0 aromatic heterocycles. The van der Waals surface area contributed by atoms with Crippen LogP contribution in [0.5, 0.6) is 0 Å². The molecule has 0 heterocycles. The minimum absolute atomic E-state index is 0.420. The van der Waals surface area contributed by atoms with E-state index < -0.39 is 0 Å². The third-order valence-corrected chi connectivity index (χ3v) is 3.97. The zero-order valence-electron chi connectivity index (χ0n) is 11.3. The van der Waals surface area contributed by atoms with Gasteiger partial charge in [0, 0.05) is 11.4 Å². The molecule has 1 aliphatic rings. The average Bonchev–Trinajstić information content (AvgIpc) is 2.82. The van der Waals surface area contributed by atoms with Gasteiger partial charge in [-0.15, -0.1) is 0 Å². The van der Waals surface area contributed by atoms with Crippen molar-refractivity contribution in [2.75, 3.05) is 11.1 Å². The summed E-state index contributed by atoms with van der Waals surface area (Å²) in [6.07, 6.45) is 3.33. The smallest absolute Gasteiger partial charge is 0.0519 e. The molecule has 0 spiro atoms. The van der Waals surface area contributed by atoms with Crippen LogP contribution in [0, 0.1) is 0 Å². The van der Waals surface area contributed by atoms with Crippen molar-refractivity contribution in [3.05, 3.63) is 59.2 Å². The number of nitrogen functional groups attached to an aromatic ring is 1. The molecule has 2 aromatic rings. The lowest BCUT2D eigenvalue weighted by molar-refractivity contribution is 0.760. The Kier molecular flexibility index (Phi) is 3.16. The summed E-state index contributed by atoms with van der Waals surface area (Å²) in [7, 11) is 0. The second-order valence-corrected chi connectivity index (χ2v) is 5.20. The van der Waals surface area contributed by atoms with Gasteiger partial charge < -0.3 is 11.1 Å². The van der Waals surface area contributed by atoms with Gasteiger partial charge in [-0.3, -0.25) is 0 Å². The summed E-state index contributed by atoms with van der Waals surface area (Å²) < 4.78 is 0. The van der Waals surface area contributed by atoms with Gasteiger partial charge in [-0.2, -0.15) is 0 Å². The number of nitrogens with one attached hydrogen (secondary N) is 1. The monoisotopic (exact) mass is 252 g/mol. The maximum atomic E-state index is 5.85. The fourth-order valence-electron chi connectivity index (χ4n) is 2.94. The van der Waals surface area contributed by atoms with E-state index in [4.69, 9.17) is 5.73 Å². The Morgan fingerprint density at radius 2 is 2.05 bits per heavy atom. The summed E-state index contributed by atoms with van der Waals surface area (Å²) in [6.45, 7) is 2.20. The maximum Gasteiger partial charge on any atom is 0.0519 e. The highest BCUT2D eigenvalue weighted by Gasteiger charge is 2.22. The molecule has 2 aromatic carbocycles. The molecular formula is C17H20N2. The summed E-state index contributed by atoms with van der Waals surface area (Å²) in [5, 5.41) is 3.70. The summed E-state index contributed by atoms with van der Waals surface area (Å²) in [5.74, 6) is 0. The summed E-state index contributed by atoms with van der Waals surface area (Å²) in [6, 6.07) is 15.3. The fraction of sp³-hybridized carbons (Fsp3) is 0.294. The van der Waals surface area contributed by atoms with Crippen molar-refractivity contribution < 1.29 is 0 Å². The third kappa shape index (κ3) is 2.30. The molecule has 0 bridgehead atoms. The number of fused-ring (bicyclic) bond motifs is 1. The van der Waals surface area contributed by atoms with Crippen molar-refractivity contribution in [2.45, 2.75) is 32.2 Å². The molecule has 0 amide bonds. The van der Waals surface area contributed by atoms with E-state index in [1.54, 1.807) is 0 Å². The number of para-hydroxylation sites is 1. The van der Waals surface area contributed by atoms with Crippen LogP contribution in [-0.4, -0.2) is 0 Å². The van der Waals surface area contributed by atoms with E-state index in [0.29, 0.717) is 6.04 Å². The Labute approximate surface area is 114 Å². The predicted octanol–water partition coefficient (Wildman–Crippen LogP) is 3.93. The lowest BCUT2D eigenvalue weighted by Crippen LogP contribution is -2.08. The van der Waals surface area contributed by atoms with Gasteiger partial charge >= 0.3 is 0 Å². The number of nitrogens with two attached hydrogens (primary N) is 1. The van der Waals surface area contributed by atoms with E-state index >= 15 is 0 Å². The van der Waals surface area contributed by atoms with E-state index in [9.17, 15) is 0 Å². The highest BCUT2D eigenvalue weighted by molar-refractivity contribution is 5.55. The number of rotatable bonds is 3. The molecule has 2 nitrogen and oxygen atoms in total. The fourth-order valence-corrected chi connectivity index (χ4v) is 2.94. The standard InChI is InChI=1S/C17H20N2/c1-2-12-5-3-4-6-16(12)19-17-10-7-13-11-14(18)8-9-15(13)17/h3-6,8-9,11,17,19H,2,7,10,18H2,1H3. The molecule has 0 aliphatic heterocycles. The second-order valence-electron chi connectivity index (χ2n) is 5.20. The van der Waals surface area contributed by atoms with Crippen molar-refractivity contribution >= 4 is 11.4 Å². The first kappa shape index (κ1) is 12.1. The molecule has 1 atom stereocenters. The highest BCUT2D eigenvalue weighted by Crippen LogP contribution is 2.35. The minimum atomic E-state index is 0.420. The number of anilines is 2. The van der Waals surface area contributed by atoms with Crippen LogP contribution in [-0.2, 0) is 12.8 Å². The zero-order chi connectivity index (χ0) is 13.2. The van der Waals surface area contributed by atoms with Gasteiger partial charge in [0.25, 0.3) is 0 Å². The Morgan fingerprint density at radius 1 is 1.21 bits per heavy atom. The predicted molar refractivity (Wildman–Crippen MR) is 81.4 cm³/mol. The molecule has 3 N–H and O–H groups in total. The van der Waals surface area contributed by atoms with Crippen molar-refractivity contribution in [1.82, 2.24) is 0 Å². The van der Waals surface area contributed by atoms with E-state index in [0.717, 1.165) is 24.9 Å². The number of benzene rings is 2. The summed E-state index contributed by atoms with van der Waals surface area (Å²) in [5.41, 5.74) is 12.2. The molecule has 3 rings (SSSR count). The van der Waals surface area contributed by atoms with Crippen LogP contribution in [0.4, 0.5) is 11.4 Å². The first-order chi connectivity index (χ1) is 9.28. The van der Waals surface area contributed by atoms with Gasteiger partial charge in [0.05, 0.1) is 6.04 Å². The normalized spacial score (nSPS) is 17.2. The van der Waals surface area contributed by atoms with Crippen LogP contribution in [0.25, 0.3) is 0 Å². The van der Waals surface area contributed by atoms with Crippen molar-refractivity contribution in [3.63, 3.8) is 0 Å². The van der Waals surface area contributed by atoms with Gasteiger partial charge in [-0.1, -0.05) is 31.2 Å². The largest absolute Gasteiger partial charge is 0.399 e. The summed E-state index contributed by atoms with van der Waals surface area (Å²) >= 11 is 0. The number of aryl methyl sites for hydroxylation is 2. The first-order valence-electron chi connectivity index (χ1n) is 7.00. The summed E-state index contributed by atoms with van der Waals surface area (Å²) in [4.78, 5) is 0. The van der Waals surface area contributed by atoms with E-state index in [2.05, 4.69) is 48.6 Å². The molecule has 0 saturated carbocycles. The topological polar surface area (TPSA) is 38.0 Å².